The van der Waals surface area contributed by atoms with E-state index < -0.39 is 0 Å². The number of hydrogen-bond acceptors (Lipinski definition) is 5. The van der Waals surface area contributed by atoms with Gasteiger partial charge in [-0.25, -0.2) is 9.97 Å². The summed E-state index contributed by atoms with van der Waals surface area (Å²) in [6.07, 6.45) is 5.93. The van der Waals surface area contributed by atoms with Crippen molar-refractivity contribution in [3.8, 4) is 16.8 Å². The second kappa shape index (κ2) is 5.08. The minimum atomic E-state index is 0.756. The Morgan fingerprint density at radius 3 is 2.53 bits per heavy atom. The van der Waals surface area contributed by atoms with E-state index in [1.807, 2.05) is 18.5 Å². The van der Waals surface area contributed by atoms with Gasteiger partial charge in [0, 0.05) is 21.8 Å². The summed E-state index contributed by atoms with van der Waals surface area (Å²) in [6, 6.07) is 6.18. The van der Waals surface area contributed by atoms with Crippen molar-refractivity contribution < 1.29 is 0 Å². The molecule has 0 saturated carbocycles. The highest BCUT2D eigenvalue weighted by atomic mass is 32.1. The molecular formula is C14H11N3S2. The first-order valence-electron chi connectivity index (χ1n) is 6.05. The molecule has 0 aliphatic heterocycles. The van der Waals surface area contributed by atoms with Crippen LogP contribution >= 0.6 is 22.7 Å². The average molecular weight is 285 g/mol. The zero-order chi connectivity index (χ0) is 13.2. The van der Waals surface area contributed by atoms with Gasteiger partial charge in [0.1, 0.15) is 10.9 Å². The smallest absolute Gasteiger partial charge is 0.169 e. The van der Waals surface area contributed by atoms with Crippen molar-refractivity contribution in [2.45, 2.75) is 19.8 Å². The minimum absolute atomic E-state index is 0.756. The van der Waals surface area contributed by atoms with Crippen LogP contribution in [-0.2, 0) is 6.42 Å². The van der Waals surface area contributed by atoms with Crippen LogP contribution in [0, 0.1) is 11.3 Å². The summed E-state index contributed by atoms with van der Waals surface area (Å²) in [4.78, 5) is 10.7. The van der Waals surface area contributed by atoms with Crippen LogP contribution in [0.25, 0.3) is 20.1 Å². The number of thiophene rings is 2. The van der Waals surface area contributed by atoms with Crippen LogP contribution in [0.2, 0.25) is 0 Å². The van der Waals surface area contributed by atoms with Gasteiger partial charge in [-0.05, 0) is 24.1 Å². The van der Waals surface area contributed by atoms with Crippen LogP contribution < -0.4 is 0 Å². The van der Waals surface area contributed by atoms with Crippen molar-refractivity contribution >= 4 is 32.1 Å². The number of aryl methyl sites for hydroxylation is 1. The molecule has 3 rings (SSSR count). The summed E-state index contributed by atoms with van der Waals surface area (Å²) in [6.45, 7) is 2.15. The Bertz CT molecular complexity index is 716. The lowest BCUT2D eigenvalue weighted by molar-refractivity contribution is 0.902. The van der Waals surface area contributed by atoms with Gasteiger partial charge in [0.2, 0.25) is 0 Å². The van der Waals surface area contributed by atoms with Gasteiger partial charge < -0.3 is 0 Å². The van der Waals surface area contributed by atoms with Crippen LogP contribution in [0.15, 0.2) is 24.5 Å². The number of rotatable bonds is 3. The standard InChI is InChI=1S/C14H11N3S2/c1-2-3-9-7-16-14(17-8-9)13-5-12-11(19-13)4-10(6-15)18-12/h4-5,7-8H,2-3H2,1H3. The molecule has 3 nitrogen and oxygen atoms in total. The van der Waals surface area contributed by atoms with Crippen molar-refractivity contribution in [2.75, 3.05) is 0 Å². The van der Waals surface area contributed by atoms with Gasteiger partial charge in [-0.3, -0.25) is 0 Å². The van der Waals surface area contributed by atoms with Crippen molar-refractivity contribution in [3.63, 3.8) is 0 Å². The number of aromatic nitrogens is 2. The Hall–Kier alpha value is -1.77. The van der Waals surface area contributed by atoms with E-state index in [2.05, 4.69) is 29.0 Å². The molecule has 0 aromatic carbocycles. The molecule has 0 amide bonds. The second-order valence-electron chi connectivity index (χ2n) is 4.23. The lowest BCUT2D eigenvalue weighted by Crippen LogP contribution is -1.90. The predicted molar refractivity (Wildman–Crippen MR) is 79.4 cm³/mol. The first-order valence-corrected chi connectivity index (χ1v) is 7.68. The fraction of sp³-hybridized carbons (Fsp3) is 0.214. The maximum Gasteiger partial charge on any atom is 0.169 e. The molecule has 0 aliphatic rings. The molecule has 0 atom stereocenters. The third-order valence-corrected chi connectivity index (χ3v) is 4.98. The van der Waals surface area contributed by atoms with Gasteiger partial charge >= 0.3 is 0 Å². The highest BCUT2D eigenvalue weighted by molar-refractivity contribution is 7.29. The molecule has 3 aromatic heterocycles. The zero-order valence-electron chi connectivity index (χ0n) is 10.4. The SMILES string of the molecule is CCCc1cnc(-c2cc3sc(C#N)cc3s2)nc1. The summed E-state index contributed by atoms with van der Waals surface area (Å²) in [5.74, 6) is 0.770. The quantitative estimate of drug-likeness (QED) is 0.723. The highest BCUT2D eigenvalue weighted by Gasteiger charge is 2.10. The normalized spacial score (nSPS) is 10.7. The molecule has 0 spiro atoms. The van der Waals surface area contributed by atoms with Gasteiger partial charge in [-0.15, -0.1) is 22.7 Å². The third-order valence-electron chi connectivity index (χ3n) is 2.78. The first kappa shape index (κ1) is 12.3. The molecular weight excluding hydrogens is 274 g/mol. The number of nitriles is 1. The Labute approximate surface area is 119 Å². The maximum atomic E-state index is 8.86. The fourth-order valence-electron chi connectivity index (χ4n) is 1.90. The lowest BCUT2D eigenvalue weighted by Gasteiger charge is -1.98. The highest BCUT2D eigenvalue weighted by Crippen LogP contribution is 2.36. The molecule has 0 N–H and O–H groups in total. The summed E-state index contributed by atoms with van der Waals surface area (Å²) in [7, 11) is 0. The average Bonchev–Trinajstić information content (AvgIpc) is 2.97. The summed E-state index contributed by atoms with van der Waals surface area (Å²) in [5, 5.41) is 8.86. The van der Waals surface area contributed by atoms with Crippen LogP contribution in [0.4, 0.5) is 0 Å². The van der Waals surface area contributed by atoms with Crippen LogP contribution in [0.5, 0.6) is 0 Å². The van der Waals surface area contributed by atoms with E-state index in [9.17, 15) is 0 Å². The Morgan fingerprint density at radius 2 is 1.89 bits per heavy atom. The van der Waals surface area contributed by atoms with Gasteiger partial charge in [0.25, 0.3) is 0 Å². The summed E-state index contributed by atoms with van der Waals surface area (Å²) >= 11 is 3.16. The van der Waals surface area contributed by atoms with Crippen LogP contribution in [0.1, 0.15) is 23.8 Å². The molecule has 0 aliphatic carbocycles. The zero-order valence-corrected chi connectivity index (χ0v) is 12.0. The summed E-state index contributed by atoms with van der Waals surface area (Å²) < 4.78 is 2.27. The van der Waals surface area contributed by atoms with Gasteiger partial charge in [-0.2, -0.15) is 5.26 Å². The van der Waals surface area contributed by atoms with E-state index in [0.29, 0.717) is 0 Å². The molecule has 19 heavy (non-hydrogen) atoms. The van der Waals surface area contributed by atoms with Crippen molar-refractivity contribution in [3.05, 3.63) is 35.0 Å². The van der Waals surface area contributed by atoms with E-state index in [-0.39, 0.29) is 0 Å². The van der Waals surface area contributed by atoms with E-state index in [1.165, 1.54) is 16.9 Å². The Kier molecular flexibility index (Phi) is 3.28. The molecule has 0 radical (unpaired) electrons. The fourth-order valence-corrected chi connectivity index (χ4v) is 4.04. The molecule has 3 aromatic rings. The summed E-state index contributed by atoms with van der Waals surface area (Å²) in [5.41, 5.74) is 1.18. The third kappa shape index (κ3) is 2.37. The van der Waals surface area contributed by atoms with E-state index in [0.717, 1.165) is 37.8 Å². The van der Waals surface area contributed by atoms with Crippen LogP contribution in [0.3, 0.4) is 0 Å². The second-order valence-corrected chi connectivity index (χ2v) is 6.39. The number of nitrogens with zero attached hydrogens (tertiary/aromatic N) is 3. The van der Waals surface area contributed by atoms with E-state index >= 15 is 0 Å². The molecule has 5 heteroatoms. The number of hydrogen-bond donors (Lipinski definition) is 0. The molecule has 3 heterocycles. The molecule has 0 bridgehead atoms. The predicted octanol–water partition coefficient (Wildman–Crippen LogP) is 4.24. The topological polar surface area (TPSA) is 49.6 Å². The minimum Gasteiger partial charge on any atom is -0.236 e. The lowest BCUT2D eigenvalue weighted by atomic mass is 10.2. The van der Waals surface area contributed by atoms with E-state index in [1.54, 1.807) is 11.3 Å². The van der Waals surface area contributed by atoms with Crippen molar-refractivity contribution in [1.82, 2.24) is 9.97 Å². The number of fused-ring (bicyclic) bond motifs is 1. The molecule has 94 valence electrons. The Morgan fingerprint density at radius 1 is 1.16 bits per heavy atom. The first-order chi connectivity index (χ1) is 9.30. The van der Waals surface area contributed by atoms with Gasteiger partial charge in [0.05, 0.1) is 4.88 Å². The van der Waals surface area contributed by atoms with E-state index in [4.69, 9.17) is 5.26 Å². The van der Waals surface area contributed by atoms with Crippen LogP contribution in [-0.4, -0.2) is 9.97 Å². The monoisotopic (exact) mass is 285 g/mol. The molecule has 0 saturated heterocycles. The van der Waals surface area contributed by atoms with Gasteiger partial charge in [-0.1, -0.05) is 13.3 Å². The van der Waals surface area contributed by atoms with Crippen molar-refractivity contribution in [1.29, 1.82) is 5.26 Å². The van der Waals surface area contributed by atoms with Crippen molar-refractivity contribution in [2.24, 2.45) is 0 Å². The Balaban J connectivity index is 1.95. The maximum absolute atomic E-state index is 8.86. The largest absolute Gasteiger partial charge is 0.236 e. The molecule has 0 fully saturated rings. The van der Waals surface area contributed by atoms with Gasteiger partial charge in [0.15, 0.2) is 5.82 Å². The molecule has 0 unspecified atom stereocenters.